The molecule has 0 bridgehead atoms. The second kappa shape index (κ2) is 5.67. The number of halogens is 1. The molecule has 96 valence electrons. The van der Waals surface area contributed by atoms with E-state index in [1.165, 1.54) is 11.1 Å². The van der Waals surface area contributed by atoms with Gasteiger partial charge in [0.2, 0.25) is 0 Å². The van der Waals surface area contributed by atoms with Crippen molar-refractivity contribution in [3.8, 4) is 0 Å². The molecule has 1 heterocycles. The Balaban J connectivity index is 2.41. The number of aromatic nitrogens is 2. The first kappa shape index (κ1) is 13.3. The quantitative estimate of drug-likeness (QED) is 0.940. The largest absolute Gasteiger partial charge is 0.305 e. The van der Waals surface area contributed by atoms with E-state index in [1.54, 1.807) is 0 Å². The van der Waals surface area contributed by atoms with Crippen molar-refractivity contribution in [2.24, 2.45) is 7.05 Å². The molecule has 2 rings (SSSR count). The van der Waals surface area contributed by atoms with Crippen LogP contribution in [-0.4, -0.2) is 16.3 Å². The fourth-order valence-electron chi connectivity index (χ4n) is 2.03. The van der Waals surface area contributed by atoms with Gasteiger partial charge in [-0.25, -0.2) is 0 Å². The van der Waals surface area contributed by atoms with Crippen LogP contribution in [0.15, 0.2) is 34.9 Å². The van der Waals surface area contributed by atoms with E-state index >= 15 is 0 Å². The molecule has 0 amide bonds. The average Bonchev–Trinajstić information content (AvgIpc) is 2.73. The van der Waals surface area contributed by atoms with Crippen LogP contribution in [0, 0.1) is 6.92 Å². The first-order valence-electron chi connectivity index (χ1n) is 6.10. The van der Waals surface area contributed by atoms with Crippen molar-refractivity contribution in [2.75, 3.05) is 6.54 Å². The van der Waals surface area contributed by atoms with Gasteiger partial charge in [-0.1, -0.05) is 35.0 Å². The molecule has 1 N–H and O–H groups in total. The molecule has 0 aliphatic carbocycles. The Morgan fingerprint density at radius 1 is 1.39 bits per heavy atom. The zero-order chi connectivity index (χ0) is 13.1. The van der Waals surface area contributed by atoms with Crippen LogP contribution in [0.1, 0.15) is 29.8 Å². The number of nitrogens with zero attached hydrogens (tertiary/aromatic N) is 2. The van der Waals surface area contributed by atoms with E-state index in [-0.39, 0.29) is 6.04 Å². The third-order valence-electron chi connectivity index (χ3n) is 2.91. The van der Waals surface area contributed by atoms with Crippen molar-refractivity contribution in [2.45, 2.75) is 19.9 Å². The molecule has 0 aliphatic rings. The molecule has 1 atom stereocenters. The zero-order valence-electron chi connectivity index (χ0n) is 10.9. The van der Waals surface area contributed by atoms with Gasteiger partial charge in [-0.2, -0.15) is 5.10 Å². The third-order valence-corrected chi connectivity index (χ3v) is 3.59. The predicted octanol–water partition coefficient (Wildman–Crippen LogP) is 3.19. The molecule has 0 saturated heterocycles. The Hall–Kier alpha value is -1.13. The number of hydrogen-bond donors (Lipinski definition) is 1. The van der Waals surface area contributed by atoms with E-state index in [0.29, 0.717) is 0 Å². The molecule has 0 fully saturated rings. The van der Waals surface area contributed by atoms with Crippen molar-refractivity contribution < 1.29 is 0 Å². The fraction of sp³-hybridized carbons (Fsp3) is 0.357. The van der Waals surface area contributed by atoms with Crippen LogP contribution in [0.5, 0.6) is 0 Å². The van der Waals surface area contributed by atoms with Crippen molar-refractivity contribution in [3.63, 3.8) is 0 Å². The van der Waals surface area contributed by atoms with Gasteiger partial charge in [-0.15, -0.1) is 0 Å². The van der Waals surface area contributed by atoms with Gasteiger partial charge >= 0.3 is 0 Å². The van der Waals surface area contributed by atoms with Gasteiger partial charge in [-0.05, 0) is 36.7 Å². The lowest BCUT2D eigenvalue weighted by Crippen LogP contribution is -2.23. The Labute approximate surface area is 116 Å². The molecule has 3 nitrogen and oxygen atoms in total. The second-order valence-electron chi connectivity index (χ2n) is 4.43. The minimum Gasteiger partial charge on any atom is -0.305 e. The molecular formula is C14H18BrN3. The normalized spacial score (nSPS) is 12.7. The molecule has 1 aromatic heterocycles. The molecule has 1 unspecified atom stereocenters. The van der Waals surface area contributed by atoms with Crippen LogP contribution in [0.4, 0.5) is 0 Å². The first-order valence-corrected chi connectivity index (χ1v) is 6.90. The number of rotatable bonds is 4. The SMILES string of the molecule is CCNC(c1ccn(C)n1)c1ccc(C)cc1Br. The van der Waals surface area contributed by atoms with Crippen LogP contribution in [0.2, 0.25) is 0 Å². The maximum atomic E-state index is 4.50. The number of benzene rings is 1. The minimum atomic E-state index is 0.131. The fourth-order valence-corrected chi connectivity index (χ4v) is 2.75. The summed E-state index contributed by atoms with van der Waals surface area (Å²) in [4.78, 5) is 0. The predicted molar refractivity (Wildman–Crippen MR) is 77.6 cm³/mol. The van der Waals surface area contributed by atoms with Crippen molar-refractivity contribution in [1.29, 1.82) is 0 Å². The van der Waals surface area contributed by atoms with Crippen molar-refractivity contribution in [1.82, 2.24) is 15.1 Å². The van der Waals surface area contributed by atoms with Gasteiger partial charge in [0.1, 0.15) is 0 Å². The van der Waals surface area contributed by atoms with Crippen LogP contribution < -0.4 is 5.32 Å². The Morgan fingerprint density at radius 2 is 2.17 bits per heavy atom. The van der Waals surface area contributed by atoms with Crippen LogP contribution in [0.25, 0.3) is 0 Å². The molecule has 2 aromatic rings. The number of aryl methyl sites for hydroxylation is 2. The molecule has 0 spiro atoms. The summed E-state index contributed by atoms with van der Waals surface area (Å²) in [5, 5.41) is 7.99. The van der Waals surface area contributed by atoms with Gasteiger partial charge in [0.15, 0.2) is 0 Å². The molecule has 4 heteroatoms. The van der Waals surface area contributed by atoms with Crippen LogP contribution in [0.3, 0.4) is 0 Å². The average molecular weight is 308 g/mol. The van der Waals surface area contributed by atoms with E-state index in [1.807, 2.05) is 17.9 Å². The first-order chi connectivity index (χ1) is 8.61. The van der Waals surface area contributed by atoms with Gasteiger partial charge in [-0.3, -0.25) is 4.68 Å². The van der Waals surface area contributed by atoms with Gasteiger partial charge in [0.25, 0.3) is 0 Å². The Bertz CT molecular complexity index is 534. The summed E-state index contributed by atoms with van der Waals surface area (Å²) in [6, 6.07) is 8.61. The molecular weight excluding hydrogens is 290 g/mol. The summed E-state index contributed by atoms with van der Waals surface area (Å²) in [7, 11) is 1.94. The van der Waals surface area contributed by atoms with Crippen LogP contribution in [-0.2, 0) is 7.05 Å². The smallest absolute Gasteiger partial charge is 0.0839 e. The van der Waals surface area contributed by atoms with E-state index in [0.717, 1.165) is 16.7 Å². The standard InChI is InChI=1S/C14H18BrN3/c1-4-16-14(13-7-8-18(3)17-13)11-6-5-10(2)9-12(11)15/h5-9,14,16H,4H2,1-3H3. The van der Waals surface area contributed by atoms with Crippen molar-refractivity contribution >= 4 is 15.9 Å². The summed E-state index contributed by atoms with van der Waals surface area (Å²) in [5.74, 6) is 0. The van der Waals surface area contributed by atoms with Crippen molar-refractivity contribution in [3.05, 3.63) is 51.8 Å². The summed E-state index contributed by atoms with van der Waals surface area (Å²) in [6.45, 7) is 5.11. The second-order valence-corrected chi connectivity index (χ2v) is 5.28. The van der Waals surface area contributed by atoms with E-state index in [9.17, 15) is 0 Å². The van der Waals surface area contributed by atoms with Crippen LogP contribution >= 0.6 is 15.9 Å². The molecule has 1 aromatic carbocycles. The van der Waals surface area contributed by atoms with E-state index in [2.05, 4.69) is 64.5 Å². The number of hydrogen-bond acceptors (Lipinski definition) is 2. The molecule has 0 radical (unpaired) electrons. The summed E-state index contributed by atoms with van der Waals surface area (Å²) in [6.07, 6.45) is 1.97. The lowest BCUT2D eigenvalue weighted by molar-refractivity contribution is 0.598. The number of nitrogens with one attached hydrogen (secondary N) is 1. The van der Waals surface area contributed by atoms with Gasteiger partial charge in [0.05, 0.1) is 11.7 Å². The highest BCUT2D eigenvalue weighted by molar-refractivity contribution is 9.10. The molecule has 0 aliphatic heterocycles. The highest BCUT2D eigenvalue weighted by Crippen LogP contribution is 2.28. The Kier molecular flexibility index (Phi) is 4.19. The zero-order valence-corrected chi connectivity index (χ0v) is 12.5. The lowest BCUT2D eigenvalue weighted by atomic mass is 10.0. The Morgan fingerprint density at radius 3 is 2.72 bits per heavy atom. The topological polar surface area (TPSA) is 29.9 Å². The minimum absolute atomic E-state index is 0.131. The maximum Gasteiger partial charge on any atom is 0.0839 e. The van der Waals surface area contributed by atoms with E-state index < -0.39 is 0 Å². The maximum absolute atomic E-state index is 4.50. The summed E-state index contributed by atoms with van der Waals surface area (Å²) < 4.78 is 2.96. The highest BCUT2D eigenvalue weighted by atomic mass is 79.9. The van der Waals surface area contributed by atoms with Gasteiger partial charge in [0, 0.05) is 17.7 Å². The highest BCUT2D eigenvalue weighted by Gasteiger charge is 2.17. The van der Waals surface area contributed by atoms with Gasteiger partial charge < -0.3 is 5.32 Å². The molecule has 0 saturated carbocycles. The summed E-state index contributed by atoms with van der Waals surface area (Å²) >= 11 is 3.65. The van der Waals surface area contributed by atoms with E-state index in [4.69, 9.17) is 0 Å². The third kappa shape index (κ3) is 2.82. The monoisotopic (exact) mass is 307 g/mol. The molecule has 18 heavy (non-hydrogen) atoms. The summed E-state index contributed by atoms with van der Waals surface area (Å²) in [5.41, 5.74) is 3.52. The lowest BCUT2D eigenvalue weighted by Gasteiger charge is -2.18.